The molecule has 0 radical (unpaired) electrons. The normalized spacial score (nSPS) is 15.1. The summed E-state index contributed by atoms with van der Waals surface area (Å²) in [5.41, 5.74) is 0. The summed E-state index contributed by atoms with van der Waals surface area (Å²) in [6.45, 7) is 5.89. The maximum absolute atomic E-state index is 11.1. The SMILES string of the molecule is CCCCCC(C)OC(=O)C(C)Br. The Balaban J connectivity index is 3.50. The molecular formula is C10H19BrO2. The molecule has 78 valence electrons. The first-order valence-electron chi connectivity index (χ1n) is 4.92. The van der Waals surface area contributed by atoms with Crippen molar-refractivity contribution in [2.24, 2.45) is 0 Å². The molecule has 0 N–H and O–H groups in total. The summed E-state index contributed by atoms with van der Waals surface area (Å²) in [5.74, 6) is -0.163. The molecule has 0 aromatic heterocycles. The van der Waals surface area contributed by atoms with E-state index < -0.39 is 0 Å². The second kappa shape index (κ2) is 7.36. The molecule has 0 bridgehead atoms. The Kier molecular flexibility index (Phi) is 7.33. The van der Waals surface area contributed by atoms with E-state index in [-0.39, 0.29) is 16.9 Å². The van der Waals surface area contributed by atoms with E-state index in [0.29, 0.717) is 0 Å². The molecule has 0 saturated heterocycles. The topological polar surface area (TPSA) is 26.3 Å². The number of unbranched alkanes of at least 4 members (excludes halogenated alkanes) is 2. The lowest BCUT2D eigenvalue weighted by atomic mass is 10.1. The van der Waals surface area contributed by atoms with Crippen LogP contribution in [0.3, 0.4) is 0 Å². The largest absolute Gasteiger partial charge is 0.462 e. The quantitative estimate of drug-likeness (QED) is 0.411. The molecule has 0 fully saturated rings. The van der Waals surface area contributed by atoms with Gasteiger partial charge in [-0.15, -0.1) is 0 Å². The summed E-state index contributed by atoms with van der Waals surface area (Å²) in [5, 5.41) is 0. The van der Waals surface area contributed by atoms with Gasteiger partial charge in [-0.05, 0) is 26.7 Å². The molecule has 3 heteroatoms. The molecule has 0 aliphatic heterocycles. The molecular weight excluding hydrogens is 232 g/mol. The molecule has 0 spiro atoms. The highest BCUT2D eigenvalue weighted by Gasteiger charge is 2.13. The van der Waals surface area contributed by atoms with E-state index in [0.717, 1.165) is 12.8 Å². The third kappa shape index (κ3) is 7.05. The number of hydrogen-bond donors (Lipinski definition) is 0. The fourth-order valence-electron chi connectivity index (χ4n) is 1.03. The van der Waals surface area contributed by atoms with Gasteiger partial charge in [0.05, 0.1) is 6.10 Å². The van der Waals surface area contributed by atoms with Crippen LogP contribution in [0.5, 0.6) is 0 Å². The highest BCUT2D eigenvalue weighted by atomic mass is 79.9. The molecule has 2 atom stereocenters. The Morgan fingerprint density at radius 1 is 1.38 bits per heavy atom. The number of hydrogen-bond acceptors (Lipinski definition) is 2. The van der Waals surface area contributed by atoms with Crippen molar-refractivity contribution < 1.29 is 9.53 Å². The van der Waals surface area contributed by atoms with Crippen molar-refractivity contribution in [3.8, 4) is 0 Å². The Bertz CT molecular complexity index is 146. The average molecular weight is 251 g/mol. The fourth-order valence-corrected chi connectivity index (χ4v) is 1.14. The first-order chi connectivity index (χ1) is 6.07. The minimum Gasteiger partial charge on any atom is -0.462 e. The van der Waals surface area contributed by atoms with E-state index in [9.17, 15) is 4.79 Å². The predicted octanol–water partition coefficient (Wildman–Crippen LogP) is 3.28. The zero-order valence-electron chi connectivity index (χ0n) is 8.68. The van der Waals surface area contributed by atoms with E-state index >= 15 is 0 Å². The monoisotopic (exact) mass is 250 g/mol. The van der Waals surface area contributed by atoms with Crippen molar-refractivity contribution in [1.82, 2.24) is 0 Å². The Morgan fingerprint density at radius 2 is 2.00 bits per heavy atom. The molecule has 13 heavy (non-hydrogen) atoms. The molecule has 0 heterocycles. The Morgan fingerprint density at radius 3 is 2.46 bits per heavy atom. The lowest BCUT2D eigenvalue weighted by Crippen LogP contribution is -2.20. The van der Waals surface area contributed by atoms with Gasteiger partial charge in [-0.1, -0.05) is 35.7 Å². The van der Waals surface area contributed by atoms with Gasteiger partial charge in [-0.3, -0.25) is 4.79 Å². The lowest BCUT2D eigenvalue weighted by molar-refractivity contribution is -0.147. The van der Waals surface area contributed by atoms with Gasteiger partial charge in [0.15, 0.2) is 0 Å². The zero-order valence-corrected chi connectivity index (χ0v) is 10.3. The smallest absolute Gasteiger partial charge is 0.319 e. The second-order valence-electron chi connectivity index (χ2n) is 3.36. The van der Waals surface area contributed by atoms with Crippen molar-refractivity contribution >= 4 is 21.9 Å². The minimum atomic E-state index is -0.193. The summed E-state index contributed by atoms with van der Waals surface area (Å²) >= 11 is 3.18. The van der Waals surface area contributed by atoms with Gasteiger partial charge in [-0.25, -0.2) is 0 Å². The van der Waals surface area contributed by atoms with Crippen LogP contribution in [0.15, 0.2) is 0 Å². The molecule has 0 aliphatic carbocycles. The van der Waals surface area contributed by atoms with Crippen molar-refractivity contribution in [3.63, 3.8) is 0 Å². The Labute approximate surface area is 89.2 Å². The van der Waals surface area contributed by atoms with Crippen molar-refractivity contribution in [1.29, 1.82) is 0 Å². The van der Waals surface area contributed by atoms with Crippen molar-refractivity contribution in [2.45, 2.75) is 57.4 Å². The van der Waals surface area contributed by atoms with Gasteiger partial charge in [0.2, 0.25) is 0 Å². The van der Waals surface area contributed by atoms with Gasteiger partial charge < -0.3 is 4.74 Å². The van der Waals surface area contributed by atoms with E-state index in [1.54, 1.807) is 6.92 Å². The molecule has 2 nitrogen and oxygen atoms in total. The van der Waals surface area contributed by atoms with Crippen LogP contribution in [-0.2, 0) is 9.53 Å². The number of rotatable bonds is 6. The van der Waals surface area contributed by atoms with Gasteiger partial charge in [0, 0.05) is 0 Å². The lowest BCUT2D eigenvalue weighted by Gasteiger charge is -2.13. The molecule has 0 saturated carbocycles. The Hall–Kier alpha value is -0.0500. The average Bonchev–Trinajstić information content (AvgIpc) is 2.04. The standard InChI is InChI=1S/C10H19BrO2/c1-4-5-6-7-8(2)13-10(12)9(3)11/h8-9H,4-7H2,1-3H3. The van der Waals surface area contributed by atoms with E-state index in [1.165, 1.54) is 12.8 Å². The van der Waals surface area contributed by atoms with Crippen LogP contribution in [0.1, 0.15) is 46.5 Å². The number of ether oxygens (including phenoxy) is 1. The summed E-state index contributed by atoms with van der Waals surface area (Å²) in [4.78, 5) is 10.9. The number of carbonyl (C=O) groups excluding carboxylic acids is 1. The van der Waals surface area contributed by atoms with Crippen LogP contribution in [0.25, 0.3) is 0 Å². The van der Waals surface area contributed by atoms with Crippen LogP contribution >= 0.6 is 15.9 Å². The van der Waals surface area contributed by atoms with Crippen LogP contribution in [-0.4, -0.2) is 16.9 Å². The first kappa shape index (κ1) is 12.9. The third-order valence-electron chi connectivity index (χ3n) is 1.86. The summed E-state index contributed by atoms with van der Waals surface area (Å²) < 4.78 is 5.17. The van der Waals surface area contributed by atoms with E-state index in [2.05, 4.69) is 22.9 Å². The number of alkyl halides is 1. The van der Waals surface area contributed by atoms with E-state index in [4.69, 9.17) is 4.74 Å². The predicted molar refractivity (Wildman–Crippen MR) is 58.1 cm³/mol. The first-order valence-corrected chi connectivity index (χ1v) is 5.84. The maximum Gasteiger partial charge on any atom is 0.319 e. The molecule has 2 unspecified atom stereocenters. The summed E-state index contributed by atoms with van der Waals surface area (Å²) in [6, 6.07) is 0. The number of halogens is 1. The molecule has 0 aliphatic rings. The van der Waals surface area contributed by atoms with Crippen molar-refractivity contribution in [2.75, 3.05) is 0 Å². The molecule has 0 aromatic carbocycles. The number of carbonyl (C=O) groups is 1. The highest BCUT2D eigenvalue weighted by Crippen LogP contribution is 2.09. The van der Waals surface area contributed by atoms with Gasteiger partial charge in [0.1, 0.15) is 4.83 Å². The molecule has 0 rings (SSSR count). The third-order valence-corrected chi connectivity index (χ3v) is 2.23. The summed E-state index contributed by atoms with van der Waals surface area (Å²) in [6.07, 6.45) is 4.58. The van der Waals surface area contributed by atoms with Gasteiger partial charge >= 0.3 is 5.97 Å². The fraction of sp³-hybridized carbons (Fsp3) is 0.900. The maximum atomic E-state index is 11.1. The van der Waals surface area contributed by atoms with Crippen LogP contribution in [0.4, 0.5) is 0 Å². The van der Waals surface area contributed by atoms with Gasteiger partial charge in [-0.2, -0.15) is 0 Å². The second-order valence-corrected chi connectivity index (χ2v) is 4.73. The highest BCUT2D eigenvalue weighted by molar-refractivity contribution is 9.10. The van der Waals surface area contributed by atoms with Crippen LogP contribution in [0, 0.1) is 0 Å². The zero-order chi connectivity index (χ0) is 10.3. The molecule has 0 aromatic rings. The van der Waals surface area contributed by atoms with Crippen LogP contribution < -0.4 is 0 Å². The van der Waals surface area contributed by atoms with Gasteiger partial charge in [0.25, 0.3) is 0 Å². The number of esters is 1. The summed E-state index contributed by atoms with van der Waals surface area (Å²) in [7, 11) is 0. The molecule has 0 amide bonds. The minimum absolute atomic E-state index is 0.0547. The van der Waals surface area contributed by atoms with Crippen molar-refractivity contribution in [3.05, 3.63) is 0 Å². The van der Waals surface area contributed by atoms with E-state index in [1.807, 2.05) is 6.92 Å². The van der Waals surface area contributed by atoms with Crippen LogP contribution in [0.2, 0.25) is 0 Å².